The first-order valence-electron chi connectivity index (χ1n) is 21.7. The third-order valence-corrected chi connectivity index (χ3v) is 14.6. The summed E-state index contributed by atoms with van der Waals surface area (Å²) in [5.41, 5.74) is 25.4. The van der Waals surface area contributed by atoms with Crippen LogP contribution in [0.1, 0.15) is 98.5 Å². The van der Waals surface area contributed by atoms with E-state index in [1.807, 2.05) is 0 Å². The van der Waals surface area contributed by atoms with Crippen molar-refractivity contribution in [2.24, 2.45) is 0 Å². The summed E-state index contributed by atoms with van der Waals surface area (Å²) in [4.78, 5) is 2.54. The van der Waals surface area contributed by atoms with Crippen molar-refractivity contribution >= 4 is 17.1 Å². The third-order valence-electron chi connectivity index (χ3n) is 14.6. The van der Waals surface area contributed by atoms with Crippen LogP contribution in [0.3, 0.4) is 0 Å². The molecule has 0 saturated heterocycles. The monoisotopic (exact) mass is 771 g/mol. The van der Waals surface area contributed by atoms with Gasteiger partial charge in [-0.15, -0.1) is 0 Å². The normalized spacial score (nSPS) is 17.1. The Kier molecular flexibility index (Phi) is 7.01. The van der Waals surface area contributed by atoms with Gasteiger partial charge in [-0.25, -0.2) is 0 Å². The van der Waals surface area contributed by atoms with Gasteiger partial charge in [-0.2, -0.15) is 0 Å². The molecule has 290 valence electrons. The lowest BCUT2D eigenvalue weighted by molar-refractivity contribution is 0.586. The predicted molar refractivity (Wildman–Crippen MR) is 251 cm³/mol. The van der Waals surface area contributed by atoms with Crippen molar-refractivity contribution in [3.63, 3.8) is 0 Å². The van der Waals surface area contributed by atoms with E-state index in [4.69, 9.17) is 0 Å². The molecule has 0 radical (unpaired) electrons. The molecule has 8 aromatic rings. The number of benzene rings is 8. The molecule has 1 heterocycles. The van der Waals surface area contributed by atoms with E-state index < -0.39 is 5.41 Å². The van der Waals surface area contributed by atoms with E-state index >= 15 is 0 Å². The zero-order valence-electron chi connectivity index (χ0n) is 35.6. The number of hydrogen-bond acceptors (Lipinski definition) is 1. The average molecular weight is 772 g/mol. The Morgan fingerprint density at radius 3 is 1.45 bits per heavy atom. The molecule has 0 fully saturated rings. The summed E-state index contributed by atoms with van der Waals surface area (Å²) in [7, 11) is 0. The Hall–Kier alpha value is -6.44. The van der Waals surface area contributed by atoms with E-state index in [2.05, 4.69) is 223 Å². The van der Waals surface area contributed by atoms with Crippen molar-refractivity contribution in [1.29, 1.82) is 0 Å². The third kappa shape index (κ3) is 4.53. The highest BCUT2D eigenvalue weighted by Crippen LogP contribution is 2.64. The lowest BCUT2D eigenvalue weighted by atomic mass is 9.68. The topological polar surface area (TPSA) is 3.24 Å². The fraction of sp³-hybridized carbons (Fsp3) is 0.186. The van der Waals surface area contributed by atoms with Crippen molar-refractivity contribution in [2.75, 3.05) is 4.90 Å². The number of rotatable bonds is 1. The standard InChI is InChI=1S/C59H49N/c1-56(2,3)37-23-27-46-47-28-24-38(57(4,5)6)33-53(47)59(52(46)32-37)50-21-12-9-19-44(50)48-30-26-41(35-54(48)59)60-40-25-29-45-43-18-8-11-20-49(43)58(7,51(45)34-40)39-16-14-15-36(31-39)42-17-10-13-22-55(42)60/h8-35H,1-7H3. The molecule has 1 atom stereocenters. The highest BCUT2D eigenvalue weighted by Gasteiger charge is 2.52. The first kappa shape index (κ1) is 35.5. The molecule has 1 aliphatic heterocycles. The molecular weight excluding hydrogens is 723 g/mol. The highest BCUT2D eigenvalue weighted by molar-refractivity contribution is 5.98. The molecule has 3 aliphatic carbocycles. The first-order valence-corrected chi connectivity index (χ1v) is 21.7. The second kappa shape index (κ2) is 11.9. The molecule has 1 spiro atoms. The van der Waals surface area contributed by atoms with Crippen LogP contribution in [0.4, 0.5) is 17.1 Å². The maximum absolute atomic E-state index is 2.56. The van der Waals surface area contributed by atoms with E-state index in [1.54, 1.807) is 0 Å². The van der Waals surface area contributed by atoms with Crippen molar-refractivity contribution in [2.45, 2.75) is 70.1 Å². The minimum absolute atomic E-state index is 0.00507. The number of nitrogens with zero attached hydrogens (tertiary/aromatic N) is 1. The molecular formula is C59H49N. The van der Waals surface area contributed by atoms with E-state index in [0.717, 1.165) is 5.69 Å². The summed E-state index contributed by atoms with van der Waals surface area (Å²) in [6.07, 6.45) is 0. The fourth-order valence-corrected chi connectivity index (χ4v) is 11.5. The lowest BCUT2D eigenvalue weighted by Gasteiger charge is -2.35. The van der Waals surface area contributed by atoms with Gasteiger partial charge in [-0.1, -0.05) is 175 Å². The minimum atomic E-state index is -0.488. The summed E-state index contributed by atoms with van der Waals surface area (Å²) < 4.78 is 0. The van der Waals surface area contributed by atoms with Crippen molar-refractivity contribution in [3.05, 3.63) is 220 Å². The molecule has 0 N–H and O–H groups in total. The molecule has 1 heteroatoms. The quantitative estimate of drug-likeness (QED) is 0.161. The summed E-state index contributed by atoms with van der Waals surface area (Å²) in [5, 5.41) is 0. The van der Waals surface area contributed by atoms with Gasteiger partial charge in [0.15, 0.2) is 0 Å². The van der Waals surface area contributed by atoms with Crippen LogP contribution in [0.5, 0.6) is 0 Å². The summed E-state index contributed by atoms with van der Waals surface area (Å²) >= 11 is 0. The van der Waals surface area contributed by atoms with Crippen LogP contribution < -0.4 is 4.90 Å². The summed E-state index contributed by atoms with van der Waals surface area (Å²) in [6.45, 7) is 16.5. The van der Waals surface area contributed by atoms with Crippen LogP contribution in [-0.2, 0) is 21.7 Å². The number of para-hydroxylation sites is 1. The van der Waals surface area contributed by atoms with Gasteiger partial charge >= 0.3 is 0 Å². The Labute approximate surface area is 355 Å². The van der Waals surface area contributed by atoms with Gasteiger partial charge in [0.2, 0.25) is 0 Å². The summed E-state index contributed by atoms with van der Waals surface area (Å²) in [5.74, 6) is 0. The maximum Gasteiger partial charge on any atom is 0.0726 e. The van der Waals surface area contributed by atoms with Gasteiger partial charge in [0.1, 0.15) is 0 Å². The molecule has 8 aromatic carbocycles. The number of anilines is 3. The number of fused-ring (bicyclic) bond motifs is 19. The smallest absolute Gasteiger partial charge is 0.0726 e. The Balaban J connectivity index is 1.18. The largest absolute Gasteiger partial charge is 0.310 e. The Bertz CT molecular complexity index is 3080. The predicted octanol–water partition coefficient (Wildman–Crippen LogP) is 15.4. The van der Waals surface area contributed by atoms with Gasteiger partial charge in [-0.3, -0.25) is 0 Å². The van der Waals surface area contributed by atoms with Crippen LogP contribution in [0, 0.1) is 0 Å². The van der Waals surface area contributed by atoms with Crippen molar-refractivity contribution in [3.8, 4) is 44.5 Å². The molecule has 1 unspecified atom stereocenters. The molecule has 12 rings (SSSR count). The zero-order valence-corrected chi connectivity index (χ0v) is 35.6. The second-order valence-corrected chi connectivity index (χ2v) is 19.9. The summed E-state index contributed by atoms with van der Waals surface area (Å²) in [6, 6.07) is 65.9. The van der Waals surface area contributed by atoms with E-state index in [9.17, 15) is 0 Å². The molecule has 1 nitrogen and oxygen atoms in total. The second-order valence-electron chi connectivity index (χ2n) is 19.9. The molecule has 0 amide bonds. The molecule has 4 bridgehead atoms. The fourth-order valence-electron chi connectivity index (χ4n) is 11.5. The van der Waals surface area contributed by atoms with Crippen LogP contribution in [0.2, 0.25) is 0 Å². The molecule has 4 aliphatic rings. The number of hydrogen-bond donors (Lipinski definition) is 0. The minimum Gasteiger partial charge on any atom is -0.310 e. The van der Waals surface area contributed by atoms with Gasteiger partial charge in [-0.05, 0) is 143 Å². The highest BCUT2D eigenvalue weighted by atomic mass is 15.1. The van der Waals surface area contributed by atoms with Crippen LogP contribution >= 0.6 is 0 Å². The SMILES string of the molecule is CC(C)(C)c1ccc2c(c1)C1(c3ccccc3-c3ccc(N4c5ccc6c(c5)C(C)(c5cccc(c5)-c5ccccc54)c4ccccc4-6)cc31)c1cc(C(C)(C)C)ccc1-2. The Morgan fingerprint density at radius 2 is 0.833 bits per heavy atom. The van der Waals surface area contributed by atoms with Crippen LogP contribution in [0.25, 0.3) is 44.5 Å². The van der Waals surface area contributed by atoms with Gasteiger partial charge in [0.25, 0.3) is 0 Å². The van der Waals surface area contributed by atoms with Crippen molar-refractivity contribution < 1.29 is 0 Å². The maximum atomic E-state index is 2.56. The zero-order chi connectivity index (χ0) is 40.9. The average Bonchev–Trinajstić information content (AvgIpc) is 3.82. The van der Waals surface area contributed by atoms with E-state index in [0.29, 0.717) is 0 Å². The Morgan fingerprint density at radius 1 is 0.367 bits per heavy atom. The van der Waals surface area contributed by atoms with E-state index in [1.165, 1.54) is 106 Å². The van der Waals surface area contributed by atoms with Crippen LogP contribution in [0.15, 0.2) is 170 Å². The van der Waals surface area contributed by atoms with Crippen LogP contribution in [-0.4, -0.2) is 0 Å². The van der Waals surface area contributed by atoms with Gasteiger partial charge in [0.05, 0.1) is 11.1 Å². The van der Waals surface area contributed by atoms with Crippen molar-refractivity contribution in [1.82, 2.24) is 0 Å². The molecule has 0 aromatic heterocycles. The lowest BCUT2D eigenvalue weighted by Crippen LogP contribution is -2.27. The molecule has 0 saturated carbocycles. The van der Waals surface area contributed by atoms with Gasteiger partial charge < -0.3 is 4.90 Å². The molecule has 60 heavy (non-hydrogen) atoms. The van der Waals surface area contributed by atoms with E-state index in [-0.39, 0.29) is 16.2 Å². The van der Waals surface area contributed by atoms with Gasteiger partial charge in [0, 0.05) is 22.4 Å². The first-order chi connectivity index (χ1) is 28.9.